The maximum atomic E-state index is 12.9. The minimum absolute atomic E-state index is 0.138. The Hall–Kier alpha value is -2.83. The molecule has 7 nitrogen and oxygen atoms in total. The summed E-state index contributed by atoms with van der Waals surface area (Å²) in [4.78, 5) is 28.5. The van der Waals surface area contributed by atoms with Gasteiger partial charge in [0.05, 0.1) is 0 Å². The predicted molar refractivity (Wildman–Crippen MR) is 109 cm³/mol. The van der Waals surface area contributed by atoms with Gasteiger partial charge in [0.1, 0.15) is 5.60 Å². The molecule has 0 spiro atoms. The zero-order chi connectivity index (χ0) is 21.0. The smallest absolute Gasteiger partial charge is 0.410 e. The summed E-state index contributed by atoms with van der Waals surface area (Å²) in [5.74, 6) is 0.637. The molecular weight excluding hydrogens is 370 g/mol. The first-order valence-electron chi connectivity index (χ1n) is 9.98. The van der Waals surface area contributed by atoms with Crippen LogP contribution in [0.5, 0.6) is 0 Å². The van der Waals surface area contributed by atoms with Gasteiger partial charge in [0.15, 0.2) is 11.5 Å². The molecule has 156 valence electrons. The third-order valence-electron chi connectivity index (χ3n) is 4.83. The number of hydrogen-bond acceptors (Lipinski definition) is 5. The molecule has 1 atom stereocenters. The SMILES string of the molecule is CN(CC1CCCN(C(=O)c2cc(-c3ccccc3)on2)C1)C(=O)OC(C)(C)C. The largest absolute Gasteiger partial charge is 0.444 e. The zero-order valence-corrected chi connectivity index (χ0v) is 17.6. The van der Waals surface area contributed by atoms with Crippen molar-refractivity contribution < 1.29 is 18.8 Å². The second kappa shape index (κ2) is 8.68. The van der Waals surface area contributed by atoms with Crippen LogP contribution >= 0.6 is 0 Å². The highest BCUT2D eigenvalue weighted by molar-refractivity contribution is 5.93. The van der Waals surface area contributed by atoms with Crippen molar-refractivity contribution in [2.45, 2.75) is 39.2 Å². The van der Waals surface area contributed by atoms with Crippen LogP contribution in [0.4, 0.5) is 4.79 Å². The van der Waals surface area contributed by atoms with Crippen molar-refractivity contribution in [1.29, 1.82) is 0 Å². The highest BCUT2D eigenvalue weighted by atomic mass is 16.6. The first-order chi connectivity index (χ1) is 13.7. The number of carbonyl (C=O) groups is 2. The Labute approximate surface area is 171 Å². The Bertz CT molecular complexity index is 841. The molecule has 2 amide bonds. The van der Waals surface area contributed by atoms with Gasteiger partial charge in [0.2, 0.25) is 0 Å². The second-order valence-electron chi connectivity index (χ2n) is 8.56. The molecule has 29 heavy (non-hydrogen) atoms. The Balaban J connectivity index is 1.60. The van der Waals surface area contributed by atoms with Crippen LogP contribution in [0.25, 0.3) is 11.3 Å². The molecule has 0 saturated carbocycles. The first kappa shape index (κ1) is 20.9. The molecule has 1 aromatic carbocycles. The van der Waals surface area contributed by atoms with E-state index >= 15 is 0 Å². The van der Waals surface area contributed by atoms with Crippen LogP contribution in [-0.2, 0) is 4.74 Å². The van der Waals surface area contributed by atoms with Crippen LogP contribution in [0.15, 0.2) is 40.9 Å². The lowest BCUT2D eigenvalue weighted by Gasteiger charge is -2.34. The van der Waals surface area contributed by atoms with Crippen molar-refractivity contribution in [3.05, 3.63) is 42.1 Å². The monoisotopic (exact) mass is 399 g/mol. The molecule has 1 aliphatic heterocycles. The Morgan fingerprint density at radius 1 is 1.28 bits per heavy atom. The molecule has 0 N–H and O–H groups in total. The summed E-state index contributed by atoms with van der Waals surface area (Å²) in [6.07, 6.45) is 1.51. The zero-order valence-electron chi connectivity index (χ0n) is 17.6. The summed E-state index contributed by atoms with van der Waals surface area (Å²) in [5.41, 5.74) is 0.670. The lowest BCUT2D eigenvalue weighted by atomic mass is 9.97. The van der Waals surface area contributed by atoms with E-state index < -0.39 is 5.60 Å². The average molecular weight is 399 g/mol. The number of benzene rings is 1. The highest BCUT2D eigenvalue weighted by Gasteiger charge is 2.29. The Morgan fingerprint density at radius 3 is 2.69 bits per heavy atom. The molecule has 2 heterocycles. The van der Waals surface area contributed by atoms with Crippen LogP contribution in [0.2, 0.25) is 0 Å². The molecule has 2 aromatic rings. The van der Waals surface area contributed by atoms with Gasteiger partial charge in [-0.15, -0.1) is 0 Å². The van der Waals surface area contributed by atoms with Crippen molar-refractivity contribution in [3.63, 3.8) is 0 Å². The lowest BCUT2D eigenvalue weighted by Crippen LogP contribution is -2.45. The lowest BCUT2D eigenvalue weighted by molar-refractivity contribution is 0.0244. The molecule has 1 unspecified atom stereocenters. The number of amides is 2. The van der Waals surface area contributed by atoms with Gasteiger partial charge >= 0.3 is 6.09 Å². The summed E-state index contributed by atoms with van der Waals surface area (Å²) in [6, 6.07) is 11.3. The van der Waals surface area contributed by atoms with E-state index in [9.17, 15) is 9.59 Å². The number of nitrogens with zero attached hydrogens (tertiary/aromatic N) is 3. The van der Waals surface area contributed by atoms with Gasteiger partial charge in [-0.05, 0) is 39.5 Å². The average Bonchev–Trinajstić information content (AvgIpc) is 3.17. The van der Waals surface area contributed by atoms with Crippen LogP contribution in [0.1, 0.15) is 44.1 Å². The number of carbonyl (C=O) groups excluding carboxylic acids is 2. The van der Waals surface area contributed by atoms with Crippen molar-refractivity contribution in [2.24, 2.45) is 5.92 Å². The minimum Gasteiger partial charge on any atom is -0.444 e. The molecule has 3 rings (SSSR count). The van der Waals surface area contributed by atoms with Gasteiger partial charge in [-0.3, -0.25) is 4.79 Å². The molecule has 1 aliphatic rings. The molecule has 0 bridgehead atoms. The normalized spacial score (nSPS) is 17.1. The van der Waals surface area contributed by atoms with E-state index in [2.05, 4.69) is 5.16 Å². The molecular formula is C22H29N3O4. The summed E-state index contributed by atoms with van der Waals surface area (Å²) < 4.78 is 10.8. The fraction of sp³-hybridized carbons (Fsp3) is 0.500. The standard InChI is InChI=1S/C22H29N3O4/c1-22(2,3)28-21(27)24(4)14-16-9-8-12-25(15-16)20(26)18-13-19(29-23-18)17-10-6-5-7-11-17/h5-7,10-11,13,16H,8-9,12,14-15H2,1-4H3. The third kappa shape index (κ3) is 5.59. The topological polar surface area (TPSA) is 75.9 Å². The summed E-state index contributed by atoms with van der Waals surface area (Å²) >= 11 is 0. The van der Waals surface area contributed by atoms with E-state index in [0.717, 1.165) is 18.4 Å². The van der Waals surface area contributed by atoms with E-state index in [1.165, 1.54) is 0 Å². The van der Waals surface area contributed by atoms with Crippen LogP contribution in [0.3, 0.4) is 0 Å². The molecule has 1 aromatic heterocycles. The van der Waals surface area contributed by atoms with Crippen molar-refractivity contribution in [1.82, 2.24) is 15.0 Å². The molecule has 0 radical (unpaired) electrons. The van der Waals surface area contributed by atoms with Crippen LogP contribution < -0.4 is 0 Å². The van der Waals surface area contributed by atoms with Crippen molar-refractivity contribution in [3.8, 4) is 11.3 Å². The molecule has 1 fully saturated rings. The summed E-state index contributed by atoms with van der Waals surface area (Å²) in [7, 11) is 1.73. The fourth-order valence-electron chi connectivity index (χ4n) is 3.48. The maximum Gasteiger partial charge on any atom is 0.410 e. The fourth-order valence-corrected chi connectivity index (χ4v) is 3.48. The molecule has 1 saturated heterocycles. The number of rotatable bonds is 4. The van der Waals surface area contributed by atoms with Gasteiger partial charge in [-0.1, -0.05) is 35.5 Å². The number of likely N-dealkylation sites (tertiary alicyclic amines) is 1. The van der Waals surface area contributed by atoms with Crippen molar-refractivity contribution in [2.75, 3.05) is 26.7 Å². The van der Waals surface area contributed by atoms with Gasteiger partial charge in [-0.25, -0.2) is 4.79 Å². The predicted octanol–water partition coefficient (Wildman–Crippen LogP) is 4.06. The van der Waals surface area contributed by atoms with Gasteiger partial charge in [0, 0.05) is 38.3 Å². The van der Waals surface area contributed by atoms with Crippen LogP contribution in [0, 0.1) is 5.92 Å². The highest BCUT2D eigenvalue weighted by Crippen LogP contribution is 2.23. The second-order valence-corrected chi connectivity index (χ2v) is 8.56. The third-order valence-corrected chi connectivity index (χ3v) is 4.83. The summed E-state index contributed by atoms with van der Waals surface area (Å²) in [5, 5.41) is 3.97. The molecule has 0 aliphatic carbocycles. The van der Waals surface area contributed by atoms with E-state index in [4.69, 9.17) is 9.26 Å². The van der Waals surface area contributed by atoms with E-state index in [-0.39, 0.29) is 17.9 Å². The van der Waals surface area contributed by atoms with E-state index in [1.54, 1.807) is 22.9 Å². The quantitative estimate of drug-likeness (QED) is 0.775. The van der Waals surface area contributed by atoms with Crippen molar-refractivity contribution >= 4 is 12.0 Å². The number of ether oxygens (including phenoxy) is 1. The first-order valence-corrected chi connectivity index (χ1v) is 9.98. The van der Waals surface area contributed by atoms with Gasteiger partial charge < -0.3 is 19.1 Å². The Morgan fingerprint density at radius 2 is 2.00 bits per heavy atom. The number of piperidine rings is 1. The maximum absolute atomic E-state index is 12.9. The molecule has 7 heteroatoms. The van der Waals surface area contributed by atoms with E-state index in [1.807, 2.05) is 51.1 Å². The number of aromatic nitrogens is 1. The van der Waals surface area contributed by atoms with Gasteiger partial charge in [0.25, 0.3) is 5.91 Å². The van der Waals surface area contributed by atoms with Crippen LogP contribution in [-0.4, -0.2) is 59.2 Å². The minimum atomic E-state index is -0.524. The Kier molecular flexibility index (Phi) is 6.25. The summed E-state index contributed by atoms with van der Waals surface area (Å²) in [6.45, 7) is 7.36. The number of hydrogen-bond donors (Lipinski definition) is 0. The van der Waals surface area contributed by atoms with Gasteiger partial charge in [-0.2, -0.15) is 0 Å². The van der Waals surface area contributed by atoms with E-state index in [0.29, 0.717) is 31.1 Å².